The Labute approximate surface area is 216 Å². The molecule has 0 radical (unpaired) electrons. The molecule has 36 heavy (non-hydrogen) atoms. The van der Waals surface area contributed by atoms with E-state index in [1.165, 1.54) is 0 Å². The molecule has 1 unspecified atom stereocenters. The van der Waals surface area contributed by atoms with Crippen LogP contribution in [-0.2, 0) is 4.74 Å². The molecule has 1 fully saturated rings. The van der Waals surface area contributed by atoms with Gasteiger partial charge >= 0.3 is 152 Å². The molecule has 1 aliphatic heterocycles. The Hall–Kier alpha value is -3.48. The molecule has 0 saturated carbocycles. The predicted octanol–water partition coefficient (Wildman–Crippen LogP) is 3.38. The van der Waals surface area contributed by atoms with Gasteiger partial charge in [-0.15, -0.1) is 0 Å². The van der Waals surface area contributed by atoms with Gasteiger partial charge < -0.3 is 9.64 Å². The van der Waals surface area contributed by atoms with Crippen molar-refractivity contribution >= 4 is 48.7 Å². The van der Waals surface area contributed by atoms with Crippen molar-refractivity contribution in [3.8, 4) is 16.9 Å². The van der Waals surface area contributed by atoms with Gasteiger partial charge in [0, 0.05) is 25.4 Å². The number of phenolic OH excluding ortho intramolecular Hbond substituents is 1. The second-order valence-corrected chi connectivity index (χ2v) is 12.9. The number of carbonyl (C=O) groups excluding carboxylic acids is 1. The number of pyridine rings is 1. The molecule has 1 aliphatic rings. The number of fused-ring (bicyclic) bond motifs is 1. The van der Waals surface area contributed by atoms with Crippen LogP contribution in [0.4, 0.5) is 11.5 Å². The van der Waals surface area contributed by atoms with Crippen molar-refractivity contribution in [2.45, 2.75) is 18.6 Å². The minimum absolute atomic E-state index is 0.124. The van der Waals surface area contributed by atoms with Crippen LogP contribution >= 0.6 is 0 Å². The summed E-state index contributed by atoms with van der Waals surface area (Å²) >= 11 is -0.414. The third-order valence-corrected chi connectivity index (χ3v) is 8.15. The van der Waals surface area contributed by atoms with Crippen molar-refractivity contribution in [2.75, 3.05) is 36.5 Å². The number of benzene rings is 2. The van der Waals surface area contributed by atoms with Crippen molar-refractivity contribution in [1.82, 2.24) is 15.0 Å². The van der Waals surface area contributed by atoms with Crippen LogP contribution in [0, 0.1) is 0 Å². The number of aromatic hydroxyl groups is 1. The molecule has 5 rings (SSSR count). The summed E-state index contributed by atoms with van der Waals surface area (Å²) in [4.78, 5) is 28.8. The Morgan fingerprint density at radius 2 is 1.94 bits per heavy atom. The number of hydrogen-bond acceptors (Lipinski definition) is 7. The fourth-order valence-corrected chi connectivity index (χ4v) is 5.88. The van der Waals surface area contributed by atoms with Crippen molar-refractivity contribution in [3.05, 3.63) is 66.5 Å². The van der Waals surface area contributed by atoms with Gasteiger partial charge in [-0.05, 0) is 6.07 Å². The van der Waals surface area contributed by atoms with E-state index in [1.54, 1.807) is 30.5 Å². The maximum absolute atomic E-state index is 13.1. The van der Waals surface area contributed by atoms with E-state index in [-0.39, 0.29) is 11.7 Å². The fraction of sp³-hybridized carbons (Fsp3) is 0.259. The molecule has 1 atom stereocenters. The number of nitrogens with zero attached hydrogens (tertiary/aromatic N) is 4. The third-order valence-electron chi connectivity index (χ3n) is 5.89. The number of rotatable bonds is 6. The van der Waals surface area contributed by atoms with E-state index in [2.05, 4.69) is 39.0 Å². The first-order chi connectivity index (χ1) is 17.5. The Balaban J connectivity index is 1.37. The Bertz CT molecular complexity index is 1410. The minimum atomic E-state index is -0.414. The van der Waals surface area contributed by atoms with E-state index in [0.29, 0.717) is 34.7 Å². The average Bonchev–Trinajstić information content (AvgIpc) is 2.88. The van der Waals surface area contributed by atoms with E-state index in [1.807, 2.05) is 30.5 Å². The van der Waals surface area contributed by atoms with Crippen LogP contribution in [0.5, 0.6) is 5.75 Å². The second kappa shape index (κ2) is 10.6. The van der Waals surface area contributed by atoms with E-state index in [9.17, 15) is 9.90 Å². The second-order valence-electron chi connectivity index (χ2n) is 8.96. The number of anilines is 2. The van der Waals surface area contributed by atoms with Crippen LogP contribution < -0.4 is 14.8 Å². The maximum atomic E-state index is 13.1. The summed E-state index contributed by atoms with van der Waals surface area (Å²) in [7, 11) is 0. The molecule has 2 N–H and O–H groups in total. The summed E-state index contributed by atoms with van der Waals surface area (Å²) < 4.78 is 6.87. The zero-order chi connectivity index (χ0) is 25.1. The molecule has 2 aromatic carbocycles. The van der Waals surface area contributed by atoms with Gasteiger partial charge in [0.1, 0.15) is 5.82 Å². The van der Waals surface area contributed by atoms with Crippen molar-refractivity contribution < 1.29 is 14.6 Å². The Kier molecular flexibility index (Phi) is 7.16. The molecule has 1 saturated heterocycles. The number of aromatic nitrogens is 3. The van der Waals surface area contributed by atoms with Gasteiger partial charge in [0.15, 0.2) is 0 Å². The number of phenols is 1. The molecular weight excluding hydrogens is 517 g/mol. The summed E-state index contributed by atoms with van der Waals surface area (Å²) in [6.07, 6.45) is 3.51. The molecule has 0 bridgehead atoms. The predicted molar refractivity (Wildman–Crippen MR) is 144 cm³/mol. The molecule has 8 nitrogen and oxygen atoms in total. The van der Waals surface area contributed by atoms with Gasteiger partial charge in [0.2, 0.25) is 0 Å². The first-order valence-electron chi connectivity index (χ1n) is 11.9. The Morgan fingerprint density at radius 3 is 2.75 bits per heavy atom. The molecule has 3 heterocycles. The summed E-state index contributed by atoms with van der Waals surface area (Å²) in [5.41, 5.74) is 3.27. The number of amides is 1. The van der Waals surface area contributed by atoms with Gasteiger partial charge in [-0.1, -0.05) is 0 Å². The first-order valence-corrected chi connectivity index (χ1v) is 14.2. The van der Waals surface area contributed by atoms with E-state index in [4.69, 9.17) is 4.74 Å². The van der Waals surface area contributed by atoms with Crippen LogP contribution in [0.2, 0.25) is 4.71 Å². The van der Waals surface area contributed by atoms with Crippen molar-refractivity contribution in [1.29, 1.82) is 0 Å². The average molecular weight is 545 g/mol. The summed E-state index contributed by atoms with van der Waals surface area (Å²) in [6, 6.07) is 14.4. The monoisotopic (exact) mass is 545 g/mol. The van der Waals surface area contributed by atoms with Gasteiger partial charge in [-0.3, -0.25) is 0 Å². The van der Waals surface area contributed by atoms with Gasteiger partial charge in [0.25, 0.3) is 0 Å². The van der Waals surface area contributed by atoms with E-state index < -0.39 is 15.8 Å². The molecule has 9 heteroatoms. The molecule has 0 spiro atoms. The molecule has 184 valence electrons. The van der Waals surface area contributed by atoms with Gasteiger partial charge in [-0.2, -0.15) is 0 Å². The van der Waals surface area contributed by atoms with Crippen LogP contribution in [0.3, 0.4) is 0 Å². The number of carbonyl (C=O) groups is 1. The normalized spacial score (nSPS) is 14.1. The van der Waals surface area contributed by atoms with E-state index >= 15 is 0 Å². The zero-order valence-electron chi connectivity index (χ0n) is 20.2. The topological polar surface area (TPSA) is 100 Å². The molecule has 2 aromatic heterocycles. The molecule has 1 amide bonds. The number of hydrogen-bond donors (Lipinski definition) is 2. The molecular formula is C27H28AsN5O3. The van der Waals surface area contributed by atoms with Crippen LogP contribution in [0.15, 0.2) is 60.9 Å². The number of nitrogens with one attached hydrogen (secondary N) is 1. The fourth-order valence-electron chi connectivity index (χ4n) is 4.12. The third kappa shape index (κ3) is 5.50. The summed E-state index contributed by atoms with van der Waals surface area (Å²) in [5, 5.41) is 14.6. The van der Waals surface area contributed by atoms with Gasteiger partial charge in [0.05, 0.1) is 13.2 Å². The van der Waals surface area contributed by atoms with E-state index in [0.717, 1.165) is 40.0 Å². The van der Waals surface area contributed by atoms with Crippen LogP contribution in [-0.4, -0.2) is 68.0 Å². The number of morpholine rings is 1. The first kappa shape index (κ1) is 24.2. The van der Waals surface area contributed by atoms with Gasteiger partial charge in [-0.25, -0.2) is 4.98 Å². The zero-order valence-corrected chi connectivity index (χ0v) is 22.3. The van der Waals surface area contributed by atoms with Crippen LogP contribution in [0.25, 0.3) is 22.0 Å². The molecule has 4 aromatic rings. The SMILES string of the molecule is CC(C)[AsH]c1ncc2cc(-c3cccc(C(=O)Nc4ccnc(N5CCOCC5)c4)c3)c(O)cc2n1. The molecule has 0 aliphatic carbocycles. The Morgan fingerprint density at radius 1 is 1.11 bits per heavy atom. The standard InChI is InChI=1S/C27H28AsN5O3/c1-17(2)28-27-30-16-20-13-22(24(34)15-23(20)32-27)18-4-3-5-19(12-18)26(35)31-21-6-7-29-25(14-21)33-8-10-36-11-9-33/h3-7,12-17,28,34H,8-11H2,1-2H3,(H,29,31,35). The van der Waals surface area contributed by atoms with Crippen molar-refractivity contribution in [2.24, 2.45) is 0 Å². The summed E-state index contributed by atoms with van der Waals surface area (Å²) in [6.45, 7) is 7.23. The quantitative estimate of drug-likeness (QED) is 0.359. The number of ether oxygens (including phenoxy) is 1. The summed E-state index contributed by atoms with van der Waals surface area (Å²) in [5.74, 6) is 0.702. The van der Waals surface area contributed by atoms with Crippen LogP contribution in [0.1, 0.15) is 24.2 Å². The van der Waals surface area contributed by atoms with Crippen molar-refractivity contribution in [3.63, 3.8) is 0 Å².